The predicted octanol–water partition coefficient (Wildman–Crippen LogP) is 2.05. The second-order valence-electron chi connectivity index (χ2n) is 4.19. The lowest BCUT2D eigenvalue weighted by Crippen LogP contribution is -2.06. The molecule has 0 fully saturated rings. The van der Waals surface area contributed by atoms with E-state index >= 15 is 0 Å². The van der Waals surface area contributed by atoms with Crippen LogP contribution < -0.4 is 5.73 Å². The topological polar surface area (TPSA) is 61.7 Å². The third-order valence-corrected chi connectivity index (χ3v) is 3.13. The van der Waals surface area contributed by atoms with E-state index in [9.17, 15) is 0 Å². The summed E-state index contributed by atoms with van der Waals surface area (Å²) in [5.74, 6) is 0.912. The molecule has 0 amide bonds. The number of imidazole rings is 1. The molecule has 0 atom stereocenters. The molecule has 2 heterocycles. The van der Waals surface area contributed by atoms with Crippen LogP contribution in [0.5, 0.6) is 0 Å². The van der Waals surface area contributed by atoms with Crippen molar-refractivity contribution in [1.82, 2.24) is 19.3 Å². The first-order valence-electron chi connectivity index (χ1n) is 5.52. The van der Waals surface area contributed by atoms with Crippen molar-refractivity contribution in [2.24, 2.45) is 7.05 Å². The largest absolute Gasteiger partial charge is 0.396 e. The number of fused-ring (bicyclic) bond motifs is 1. The molecule has 0 saturated heterocycles. The van der Waals surface area contributed by atoms with Crippen LogP contribution in [0.4, 0.5) is 5.69 Å². The molecule has 1 aromatic carbocycles. The summed E-state index contributed by atoms with van der Waals surface area (Å²) < 4.78 is 3.78. The Kier molecular flexibility index (Phi) is 2.48. The molecule has 6 heteroatoms. The third-order valence-electron chi connectivity index (χ3n) is 2.89. The smallest absolute Gasteiger partial charge is 0.131 e. The molecule has 5 nitrogen and oxygen atoms in total. The zero-order valence-corrected chi connectivity index (χ0v) is 10.6. The first-order valence-corrected chi connectivity index (χ1v) is 5.90. The molecule has 3 aromatic rings. The van der Waals surface area contributed by atoms with E-state index in [2.05, 4.69) is 10.1 Å². The zero-order valence-electron chi connectivity index (χ0n) is 9.84. The van der Waals surface area contributed by atoms with Gasteiger partial charge in [0.15, 0.2) is 0 Å². The van der Waals surface area contributed by atoms with E-state index in [1.807, 2.05) is 29.8 Å². The van der Waals surface area contributed by atoms with Gasteiger partial charge in [-0.3, -0.25) is 4.68 Å². The van der Waals surface area contributed by atoms with E-state index in [4.69, 9.17) is 17.3 Å². The van der Waals surface area contributed by atoms with Crippen LogP contribution in [0, 0.1) is 0 Å². The number of benzene rings is 1. The average molecular weight is 262 g/mol. The summed E-state index contributed by atoms with van der Waals surface area (Å²) in [6, 6.07) is 5.66. The van der Waals surface area contributed by atoms with E-state index in [1.54, 1.807) is 17.1 Å². The molecule has 0 radical (unpaired) electrons. The number of anilines is 1. The number of rotatable bonds is 2. The maximum atomic E-state index is 5.99. The molecular weight excluding hydrogens is 250 g/mol. The molecule has 0 aliphatic heterocycles. The number of nitrogens with zero attached hydrogens (tertiary/aromatic N) is 4. The summed E-state index contributed by atoms with van der Waals surface area (Å²) in [4.78, 5) is 4.56. The molecule has 3 rings (SSSR count). The third kappa shape index (κ3) is 1.82. The van der Waals surface area contributed by atoms with Crippen molar-refractivity contribution in [3.63, 3.8) is 0 Å². The molecule has 0 unspecified atom stereocenters. The Morgan fingerprint density at radius 2 is 2.22 bits per heavy atom. The van der Waals surface area contributed by atoms with Crippen molar-refractivity contribution < 1.29 is 0 Å². The Balaban J connectivity index is 2.04. The standard InChI is InChI=1S/C12H12ClN5/c1-17-11-4-8(13)2-3-10(11)16-12(17)7-18-6-9(14)5-15-18/h2-6H,7,14H2,1H3. The second-order valence-corrected chi connectivity index (χ2v) is 4.63. The maximum Gasteiger partial charge on any atom is 0.131 e. The lowest BCUT2D eigenvalue weighted by atomic mass is 10.3. The minimum absolute atomic E-state index is 0.583. The van der Waals surface area contributed by atoms with Gasteiger partial charge in [0.1, 0.15) is 5.82 Å². The Hall–Kier alpha value is -2.01. The van der Waals surface area contributed by atoms with Crippen LogP contribution >= 0.6 is 11.6 Å². The summed E-state index contributed by atoms with van der Waals surface area (Å²) in [6.07, 6.45) is 3.41. The fraction of sp³-hybridized carbons (Fsp3) is 0.167. The van der Waals surface area contributed by atoms with E-state index in [0.29, 0.717) is 17.3 Å². The average Bonchev–Trinajstić information content (AvgIpc) is 2.86. The number of aryl methyl sites for hydroxylation is 1. The molecule has 0 aliphatic carbocycles. The Bertz CT molecular complexity index is 712. The molecule has 0 saturated carbocycles. The van der Waals surface area contributed by atoms with Crippen LogP contribution in [0.2, 0.25) is 5.02 Å². The lowest BCUT2D eigenvalue weighted by molar-refractivity contribution is 0.636. The van der Waals surface area contributed by atoms with Gasteiger partial charge in [-0.1, -0.05) is 11.6 Å². The van der Waals surface area contributed by atoms with Crippen molar-refractivity contribution in [2.75, 3.05) is 5.73 Å². The van der Waals surface area contributed by atoms with Gasteiger partial charge < -0.3 is 10.3 Å². The predicted molar refractivity (Wildman–Crippen MR) is 71.5 cm³/mol. The van der Waals surface area contributed by atoms with E-state index in [-0.39, 0.29) is 0 Å². The number of halogens is 1. The van der Waals surface area contributed by atoms with Gasteiger partial charge in [-0.05, 0) is 18.2 Å². The number of hydrogen-bond acceptors (Lipinski definition) is 3. The summed E-state index contributed by atoms with van der Waals surface area (Å²) >= 11 is 5.99. The minimum atomic E-state index is 0.583. The van der Waals surface area contributed by atoms with Crippen LogP contribution in [0.25, 0.3) is 11.0 Å². The molecule has 0 aliphatic rings. The van der Waals surface area contributed by atoms with Crippen molar-refractivity contribution in [3.8, 4) is 0 Å². The van der Waals surface area contributed by atoms with Crippen LogP contribution in [0.3, 0.4) is 0 Å². The highest BCUT2D eigenvalue weighted by atomic mass is 35.5. The fourth-order valence-electron chi connectivity index (χ4n) is 1.97. The Morgan fingerprint density at radius 1 is 1.39 bits per heavy atom. The van der Waals surface area contributed by atoms with E-state index in [0.717, 1.165) is 16.9 Å². The van der Waals surface area contributed by atoms with Gasteiger partial charge in [0.05, 0.1) is 29.5 Å². The SMILES string of the molecule is Cn1c(Cn2cc(N)cn2)nc2ccc(Cl)cc21. The summed E-state index contributed by atoms with van der Waals surface area (Å²) in [5.41, 5.74) is 8.23. The lowest BCUT2D eigenvalue weighted by Gasteiger charge is -2.02. The van der Waals surface area contributed by atoms with Crippen molar-refractivity contribution in [2.45, 2.75) is 6.54 Å². The number of nitrogens with two attached hydrogens (primary N) is 1. The van der Waals surface area contributed by atoms with E-state index in [1.165, 1.54) is 0 Å². The number of nitrogen functional groups attached to an aromatic ring is 1. The highest BCUT2D eigenvalue weighted by Crippen LogP contribution is 2.20. The van der Waals surface area contributed by atoms with Crippen LogP contribution in [-0.2, 0) is 13.6 Å². The molecule has 2 N–H and O–H groups in total. The van der Waals surface area contributed by atoms with Crippen LogP contribution in [-0.4, -0.2) is 19.3 Å². The minimum Gasteiger partial charge on any atom is -0.396 e. The van der Waals surface area contributed by atoms with Gasteiger partial charge in [-0.2, -0.15) is 5.10 Å². The fourth-order valence-corrected chi connectivity index (χ4v) is 2.13. The van der Waals surface area contributed by atoms with Crippen molar-refractivity contribution in [1.29, 1.82) is 0 Å². The highest BCUT2D eigenvalue weighted by molar-refractivity contribution is 6.31. The quantitative estimate of drug-likeness (QED) is 0.768. The summed E-state index contributed by atoms with van der Waals surface area (Å²) in [5, 5.41) is 4.86. The monoisotopic (exact) mass is 261 g/mol. The van der Waals surface area contributed by atoms with Gasteiger partial charge in [-0.15, -0.1) is 0 Å². The van der Waals surface area contributed by atoms with Crippen molar-refractivity contribution >= 4 is 28.3 Å². The first-order chi connectivity index (χ1) is 8.63. The van der Waals surface area contributed by atoms with Gasteiger partial charge in [-0.25, -0.2) is 4.98 Å². The van der Waals surface area contributed by atoms with Gasteiger partial charge in [0.25, 0.3) is 0 Å². The molecule has 18 heavy (non-hydrogen) atoms. The number of aromatic nitrogens is 4. The number of hydrogen-bond donors (Lipinski definition) is 1. The molecule has 0 bridgehead atoms. The van der Waals surface area contributed by atoms with Gasteiger partial charge in [0.2, 0.25) is 0 Å². The Morgan fingerprint density at radius 3 is 2.94 bits per heavy atom. The highest BCUT2D eigenvalue weighted by Gasteiger charge is 2.09. The van der Waals surface area contributed by atoms with Crippen LogP contribution in [0.15, 0.2) is 30.6 Å². The van der Waals surface area contributed by atoms with Crippen LogP contribution in [0.1, 0.15) is 5.82 Å². The summed E-state index contributed by atoms with van der Waals surface area (Å²) in [6.45, 7) is 0.583. The van der Waals surface area contributed by atoms with Crippen molar-refractivity contribution in [3.05, 3.63) is 41.4 Å². The first kappa shape index (κ1) is 11.1. The summed E-state index contributed by atoms with van der Waals surface area (Å²) in [7, 11) is 1.97. The molecular formula is C12H12ClN5. The maximum absolute atomic E-state index is 5.99. The second kappa shape index (κ2) is 4.03. The van der Waals surface area contributed by atoms with Gasteiger partial charge in [0, 0.05) is 18.3 Å². The van der Waals surface area contributed by atoms with Gasteiger partial charge >= 0.3 is 0 Å². The normalized spacial score (nSPS) is 11.2. The molecule has 2 aromatic heterocycles. The Labute approximate surface area is 109 Å². The van der Waals surface area contributed by atoms with E-state index < -0.39 is 0 Å². The molecule has 92 valence electrons. The zero-order chi connectivity index (χ0) is 12.7. The molecule has 0 spiro atoms.